The van der Waals surface area contributed by atoms with Crippen LogP contribution in [0.1, 0.15) is 5.56 Å². The first-order valence-corrected chi connectivity index (χ1v) is 8.20. The van der Waals surface area contributed by atoms with Crippen LogP contribution in [0.15, 0.2) is 53.3 Å². The van der Waals surface area contributed by atoms with Crippen LogP contribution in [0.3, 0.4) is 0 Å². The van der Waals surface area contributed by atoms with E-state index in [0.717, 1.165) is 22.4 Å². The van der Waals surface area contributed by atoms with E-state index in [1.54, 1.807) is 32.2 Å². The van der Waals surface area contributed by atoms with Crippen LogP contribution in [0.2, 0.25) is 0 Å². The van der Waals surface area contributed by atoms with Gasteiger partial charge in [0.2, 0.25) is 0 Å². The molecule has 3 aromatic rings. The van der Waals surface area contributed by atoms with Crippen molar-refractivity contribution in [2.45, 2.75) is 6.92 Å². The van der Waals surface area contributed by atoms with E-state index in [-0.39, 0.29) is 5.75 Å². The summed E-state index contributed by atoms with van der Waals surface area (Å²) in [5.74, 6) is 0.944. The van der Waals surface area contributed by atoms with Crippen LogP contribution >= 0.6 is 0 Å². The van der Waals surface area contributed by atoms with Crippen molar-refractivity contribution < 1.29 is 14.6 Å². The van der Waals surface area contributed by atoms with Gasteiger partial charge in [-0.15, -0.1) is 0 Å². The largest absolute Gasteiger partial charge is 0.508 e. The van der Waals surface area contributed by atoms with E-state index in [2.05, 4.69) is 9.97 Å². The highest BCUT2D eigenvalue weighted by atomic mass is 16.5. The second-order valence-corrected chi connectivity index (χ2v) is 5.85. The predicted molar refractivity (Wildman–Crippen MR) is 99.5 cm³/mol. The molecule has 0 atom stereocenters. The molecule has 26 heavy (non-hydrogen) atoms. The van der Waals surface area contributed by atoms with Gasteiger partial charge in [-0.05, 0) is 66.6 Å². The molecule has 0 amide bonds. The van der Waals surface area contributed by atoms with Crippen LogP contribution in [-0.4, -0.2) is 35.4 Å². The number of nitrogens with one attached hydrogen (secondary N) is 1. The van der Waals surface area contributed by atoms with Crippen LogP contribution < -0.4 is 10.4 Å². The lowest BCUT2D eigenvalue weighted by Crippen LogP contribution is -2.12. The number of hydrogen-bond donors (Lipinski definition) is 2. The van der Waals surface area contributed by atoms with Crippen LogP contribution in [0.25, 0.3) is 22.5 Å². The standard InChI is InChI=1S/C20H20N2O4/c1-13-11-15(5-8-19(13)23)18-12-17(21-20(24)22-18)14-3-6-16(7-4-14)26-10-9-25-2/h3-8,11-12,23H,9-10H2,1-2H3,(H,21,22,24). The number of aryl methyl sites for hydroxylation is 1. The van der Waals surface area contributed by atoms with Crippen molar-refractivity contribution in [3.63, 3.8) is 0 Å². The molecule has 0 spiro atoms. The van der Waals surface area contributed by atoms with E-state index in [0.29, 0.717) is 24.6 Å². The Bertz CT molecular complexity index is 949. The predicted octanol–water partition coefficient (Wildman–Crippen LogP) is 3.14. The van der Waals surface area contributed by atoms with Crippen molar-refractivity contribution in [1.29, 1.82) is 0 Å². The van der Waals surface area contributed by atoms with Gasteiger partial charge in [0.05, 0.1) is 18.0 Å². The number of aromatic amines is 1. The van der Waals surface area contributed by atoms with Crippen LogP contribution in [0, 0.1) is 6.92 Å². The summed E-state index contributed by atoms with van der Waals surface area (Å²) in [5.41, 5.74) is 3.13. The first-order chi connectivity index (χ1) is 12.6. The van der Waals surface area contributed by atoms with Crippen molar-refractivity contribution in [2.75, 3.05) is 20.3 Å². The number of benzene rings is 2. The fourth-order valence-electron chi connectivity index (χ4n) is 2.55. The minimum Gasteiger partial charge on any atom is -0.508 e. The van der Waals surface area contributed by atoms with Gasteiger partial charge in [-0.2, -0.15) is 4.98 Å². The van der Waals surface area contributed by atoms with Gasteiger partial charge in [-0.25, -0.2) is 4.79 Å². The molecule has 1 heterocycles. The van der Waals surface area contributed by atoms with E-state index in [1.165, 1.54) is 0 Å². The summed E-state index contributed by atoms with van der Waals surface area (Å²) in [4.78, 5) is 18.8. The smallest absolute Gasteiger partial charge is 0.345 e. The summed E-state index contributed by atoms with van der Waals surface area (Å²) in [6.45, 7) is 2.80. The zero-order valence-corrected chi connectivity index (χ0v) is 14.7. The lowest BCUT2D eigenvalue weighted by Gasteiger charge is -2.08. The molecule has 3 rings (SSSR count). The van der Waals surface area contributed by atoms with Gasteiger partial charge in [0.25, 0.3) is 0 Å². The maximum absolute atomic E-state index is 12.0. The number of nitrogens with zero attached hydrogens (tertiary/aromatic N) is 1. The van der Waals surface area contributed by atoms with Crippen LogP contribution in [-0.2, 0) is 4.74 Å². The molecular formula is C20H20N2O4. The first kappa shape index (κ1) is 17.7. The molecule has 0 bridgehead atoms. The van der Waals surface area contributed by atoms with Crippen molar-refractivity contribution in [3.05, 3.63) is 64.6 Å². The Labute approximate surface area is 151 Å². The highest BCUT2D eigenvalue weighted by Gasteiger charge is 2.08. The van der Waals surface area contributed by atoms with Crippen LogP contribution in [0.4, 0.5) is 0 Å². The number of rotatable bonds is 6. The minimum absolute atomic E-state index is 0.211. The molecule has 0 fully saturated rings. The summed E-state index contributed by atoms with van der Waals surface area (Å²) >= 11 is 0. The second-order valence-electron chi connectivity index (χ2n) is 5.85. The summed E-state index contributed by atoms with van der Waals surface area (Å²) in [6.07, 6.45) is 0. The Morgan fingerprint density at radius 3 is 2.46 bits per heavy atom. The lowest BCUT2D eigenvalue weighted by atomic mass is 10.1. The molecule has 0 radical (unpaired) electrons. The third-order valence-corrected chi connectivity index (χ3v) is 3.96. The molecule has 2 N–H and O–H groups in total. The first-order valence-electron chi connectivity index (χ1n) is 8.20. The number of ether oxygens (including phenoxy) is 2. The lowest BCUT2D eigenvalue weighted by molar-refractivity contribution is 0.146. The third-order valence-electron chi connectivity index (χ3n) is 3.96. The molecule has 2 aromatic carbocycles. The molecule has 134 valence electrons. The molecule has 6 nitrogen and oxygen atoms in total. The molecule has 0 aliphatic heterocycles. The Morgan fingerprint density at radius 2 is 1.77 bits per heavy atom. The van der Waals surface area contributed by atoms with E-state index in [4.69, 9.17) is 9.47 Å². The van der Waals surface area contributed by atoms with Gasteiger partial charge < -0.3 is 19.6 Å². The van der Waals surface area contributed by atoms with Crippen LogP contribution in [0.5, 0.6) is 11.5 Å². The van der Waals surface area contributed by atoms with Crippen molar-refractivity contribution in [1.82, 2.24) is 9.97 Å². The summed E-state index contributed by atoms with van der Waals surface area (Å²) < 4.78 is 10.5. The fraction of sp³-hybridized carbons (Fsp3) is 0.200. The quantitative estimate of drug-likeness (QED) is 0.666. The Hall–Kier alpha value is -3.12. The maximum atomic E-state index is 12.0. The van der Waals surface area contributed by atoms with Gasteiger partial charge in [0, 0.05) is 12.7 Å². The van der Waals surface area contributed by atoms with Crippen molar-refractivity contribution in [2.24, 2.45) is 0 Å². The van der Waals surface area contributed by atoms with Crippen molar-refractivity contribution >= 4 is 0 Å². The molecule has 0 saturated carbocycles. The van der Waals surface area contributed by atoms with E-state index < -0.39 is 5.69 Å². The average Bonchev–Trinajstić information content (AvgIpc) is 2.64. The van der Waals surface area contributed by atoms with Gasteiger partial charge in [0.15, 0.2) is 0 Å². The molecular weight excluding hydrogens is 332 g/mol. The summed E-state index contributed by atoms with van der Waals surface area (Å²) in [5, 5.41) is 9.67. The fourth-order valence-corrected chi connectivity index (χ4v) is 2.55. The summed E-state index contributed by atoms with van der Waals surface area (Å²) in [6, 6.07) is 14.4. The zero-order valence-electron chi connectivity index (χ0n) is 14.7. The number of phenolic OH excluding ortho intramolecular Hbond substituents is 1. The highest BCUT2D eigenvalue weighted by molar-refractivity contribution is 5.68. The third kappa shape index (κ3) is 4.10. The van der Waals surface area contributed by atoms with E-state index in [9.17, 15) is 9.90 Å². The highest BCUT2D eigenvalue weighted by Crippen LogP contribution is 2.26. The maximum Gasteiger partial charge on any atom is 0.345 e. The molecule has 1 aromatic heterocycles. The number of phenols is 1. The number of aromatic nitrogens is 2. The number of aromatic hydroxyl groups is 1. The molecule has 0 aliphatic rings. The Kier molecular flexibility index (Phi) is 5.34. The molecule has 0 aliphatic carbocycles. The SMILES string of the molecule is COCCOc1ccc(-c2cc(-c3ccc(O)c(C)c3)nc(=O)[nH]2)cc1. The molecule has 0 unspecified atom stereocenters. The van der Waals surface area contributed by atoms with E-state index in [1.807, 2.05) is 30.3 Å². The second kappa shape index (κ2) is 7.84. The number of H-pyrrole nitrogens is 1. The summed E-state index contributed by atoms with van der Waals surface area (Å²) in [7, 11) is 1.62. The number of hydrogen-bond acceptors (Lipinski definition) is 5. The molecule has 0 saturated heterocycles. The topological polar surface area (TPSA) is 84.4 Å². The average molecular weight is 352 g/mol. The van der Waals surface area contributed by atoms with E-state index >= 15 is 0 Å². The zero-order chi connectivity index (χ0) is 18.5. The van der Waals surface area contributed by atoms with Crippen molar-refractivity contribution in [3.8, 4) is 34.0 Å². The monoisotopic (exact) mass is 352 g/mol. The molecule has 6 heteroatoms. The Balaban J connectivity index is 1.90. The normalized spacial score (nSPS) is 10.7. The van der Waals surface area contributed by atoms with Gasteiger partial charge >= 0.3 is 5.69 Å². The van der Waals surface area contributed by atoms with Gasteiger partial charge in [-0.1, -0.05) is 0 Å². The number of methoxy groups -OCH3 is 1. The Morgan fingerprint density at radius 1 is 1.04 bits per heavy atom. The minimum atomic E-state index is -0.427. The van der Waals surface area contributed by atoms with Gasteiger partial charge in [-0.3, -0.25) is 0 Å². The van der Waals surface area contributed by atoms with Gasteiger partial charge in [0.1, 0.15) is 18.1 Å².